The van der Waals surface area contributed by atoms with Gasteiger partial charge in [0.25, 0.3) is 5.91 Å². The number of carboxylic acid groups (broad SMARTS) is 1. The number of piperidine rings is 1. The summed E-state index contributed by atoms with van der Waals surface area (Å²) in [5.74, 6) is -1.43. The highest BCUT2D eigenvalue weighted by molar-refractivity contribution is 6.31. The van der Waals surface area contributed by atoms with E-state index in [0.717, 1.165) is 12.0 Å². The van der Waals surface area contributed by atoms with Crippen molar-refractivity contribution in [2.24, 2.45) is 5.92 Å². The largest absolute Gasteiger partial charge is 0.481 e. The van der Waals surface area contributed by atoms with Crippen LogP contribution >= 0.6 is 11.6 Å². The summed E-state index contributed by atoms with van der Waals surface area (Å²) in [6.45, 7) is 2.73. The molecule has 19 heavy (non-hydrogen) atoms. The molecule has 1 aromatic carbocycles. The molecular formula is C14H16ClNO3. The van der Waals surface area contributed by atoms with Gasteiger partial charge in [0.15, 0.2) is 0 Å². The van der Waals surface area contributed by atoms with Crippen molar-refractivity contribution < 1.29 is 14.7 Å². The maximum Gasteiger partial charge on any atom is 0.308 e. The van der Waals surface area contributed by atoms with Gasteiger partial charge in [-0.25, -0.2) is 0 Å². The van der Waals surface area contributed by atoms with Crippen LogP contribution in [0.3, 0.4) is 0 Å². The molecule has 4 nitrogen and oxygen atoms in total. The summed E-state index contributed by atoms with van der Waals surface area (Å²) in [7, 11) is 0. The van der Waals surface area contributed by atoms with E-state index in [1.54, 1.807) is 23.1 Å². The average molecular weight is 282 g/mol. The molecular weight excluding hydrogens is 266 g/mol. The molecule has 102 valence electrons. The fourth-order valence-corrected chi connectivity index (χ4v) is 2.53. The van der Waals surface area contributed by atoms with E-state index in [-0.39, 0.29) is 12.5 Å². The van der Waals surface area contributed by atoms with Crippen molar-refractivity contribution >= 4 is 23.5 Å². The Kier molecular flexibility index (Phi) is 4.10. The van der Waals surface area contributed by atoms with Crippen LogP contribution in [0.15, 0.2) is 18.2 Å². The Bertz CT molecular complexity index is 515. The lowest BCUT2D eigenvalue weighted by Crippen LogP contribution is -2.42. The van der Waals surface area contributed by atoms with Crippen LogP contribution in [0.4, 0.5) is 0 Å². The van der Waals surface area contributed by atoms with Gasteiger partial charge >= 0.3 is 5.97 Å². The second-order valence-corrected chi connectivity index (χ2v) is 5.32. The van der Waals surface area contributed by atoms with Crippen LogP contribution in [-0.2, 0) is 4.79 Å². The third-order valence-electron chi connectivity index (χ3n) is 3.49. The molecule has 1 fully saturated rings. The van der Waals surface area contributed by atoms with Crippen molar-refractivity contribution in [3.63, 3.8) is 0 Å². The van der Waals surface area contributed by atoms with Crippen molar-refractivity contribution in [1.29, 1.82) is 0 Å². The van der Waals surface area contributed by atoms with E-state index in [0.29, 0.717) is 23.6 Å². The third-order valence-corrected chi connectivity index (χ3v) is 3.72. The molecule has 0 unspecified atom stereocenters. The average Bonchev–Trinajstić information content (AvgIpc) is 2.41. The summed E-state index contributed by atoms with van der Waals surface area (Å²) in [5.41, 5.74) is 1.41. The third kappa shape index (κ3) is 3.07. The molecule has 1 atom stereocenters. The van der Waals surface area contributed by atoms with Crippen LogP contribution in [0.25, 0.3) is 0 Å². The summed E-state index contributed by atoms with van der Waals surface area (Å²) in [4.78, 5) is 25.0. The molecule has 0 aliphatic carbocycles. The first-order valence-electron chi connectivity index (χ1n) is 6.27. The first kappa shape index (κ1) is 13.9. The number of aryl methyl sites for hydroxylation is 1. The second-order valence-electron chi connectivity index (χ2n) is 4.89. The second kappa shape index (κ2) is 5.61. The van der Waals surface area contributed by atoms with E-state index < -0.39 is 11.9 Å². The lowest BCUT2D eigenvalue weighted by molar-refractivity contribution is -0.143. The van der Waals surface area contributed by atoms with Crippen LogP contribution in [-0.4, -0.2) is 35.0 Å². The highest BCUT2D eigenvalue weighted by Gasteiger charge is 2.29. The molecule has 5 heteroatoms. The van der Waals surface area contributed by atoms with Gasteiger partial charge in [-0.3, -0.25) is 9.59 Å². The summed E-state index contributed by atoms with van der Waals surface area (Å²) >= 11 is 5.91. The Hall–Kier alpha value is -1.55. The summed E-state index contributed by atoms with van der Waals surface area (Å²) in [6.07, 6.45) is 1.36. The molecule has 1 heterocycles. The van der Waals surface area contributed by atoms with Crippen molar-refractivity contribution in [2.75, 3.05) is 13.1 Å². The number of halogens is 1. The zero-order valence-corrected chi connectivity index (χ0v) is 11.5. The predicted molar refractivity (Wildman–Crippen MR) is 72.5 cm³/mol. The number of rotatable bonds is 2. The quantitative estimate of drug-likeness (QED) is 0.906. The van der Waals surface area contributed by atoms with Gasteiger partial charge in [0, 0.05) is 23.7 Å². The zero-order chi connectivity index (χ0) is 14.0. The number of carbonyl (C=O) groups excluding carboxylic acids is 1. The minimum Gasteiger partial charge on any atom is -0.481 e. The smallest absolute Gasteiger partial charge is 0.308 e. The first-order chi connectivity index (χ1) is 8.99. The Morgan fingerprint density at radius 1 is 1.42 bits per heavy atom. The molecule has 0 saturated carbocycles. The van der Waals surface area contributed by atoms with E-state index in [2.05, 4.69) is 0 Å². The number of carbonyl (C=O) groups is 2. The first-order valence-corrected chi connectivity index (χ1v) is 6.65. The summed E-state index contributed by atoms with van der Waals surface area (Å²) in [5, 5.41) is 9.56. The molecule has 0 spiro atoms. The molecule has 1 aromatic rings. The Morgan fingerprint density at radius 3 is 2.84 bits per heavy atom. The molecule has 0 aromatic heterocycles. The molecule has 0 bridgehead atoms. The Morgan fingerprint density at radius 2 is 2.16 bits per heavy atom. The number of nitrogens with zero attached hydrogens (tertiary/aromatic N) is 1. The van der Waals surface area contributed by atoms with Gasteiger partial charge in [0.1, 0.15) is 0 Å². The van der Waals surface area contributed by atoms with Crippen molar-refractivity contribution in [3.05, 3.63) is 34.3 Å². The number of likely N-dealkylation sites (tertiary alicyclic amines) is 1. The number of carboxylic acids is 1. The Labute approximate surface area is 117 Å². The van der Waals surface area contributed by atoms with Crippen LogP contribution < -0.4 is 0 Å². The number of aliphatic carboxylic acids is 1. The minimum atomic E-state index is -0.833. The van der Waals surface area contributed by atoms with Gasteiger partial charge < -0.3 is 10.0 Å². The number of benzene rings is 1. The SMILES string of the molecule is Cc1ccc(Cl)cc1C(=O)N1CCC[C@H](C(=O)O)C1. The fraction of sp³-hybridized carbons (Fsp3) is 0.429. The maximum absolute atomic E-state index is 12.4. The molecule has 1 N–H and O–H groups in total. The van der Waals surface area contributed by atoms with E-state index in [1.807, 2.05) is 6.92 Å². The van der Waals surface area contributed by atoms with Crippen molar-refractivity contribution in [2.45, 2.75) is 19.8 Å². The number of amides is 1. The lowest BCUT2D eigenvalue weighted by atomic mass is 9.97. The summed E-state index contributed by atoms with van der Waals surface area (Å²) in [6, 6.07) is 5.18. The van der Waals surface area contributed by atoms with Gasteiger partial charge in [0.2, 0.25) is 0 Å². The topological polar surface area (TPSA) is 57.6 Å². The molecule has 0 radical (unpaired) electrons. The molecule has 1 amide bonds. The highest BCUT2D eigenvalue weighted by Crippen LogP contribution is 2.22. The van der Waals surface area contributed by atoms with Gasteiger partial charge in [-0.15, -0.1) is 0 Å². The normalized spacial score (nSPS) is 19.3. The number of hydrogen-bond acceptors (Lipinski definition) is 2. The van der Waals surface area contributed by atoms with Crippen LogP contribution in [0, 0.1) is 12.8 Å². The predicted octanol–water partition coefficient (Wildman–Crippen LogP) is 2.59. The fourth-order valence-electron chi connectivity index (χ4n) is 2.36. The molecule has 1 aliphatic rings. The Balaban J connectivity index is 2.19. The van der Waals surface area contributed by atoms with Gasteiger partial charge in [-0.2, -0.15) is 0 Å². The zero-order valence-electron chi connectivity index (χ0n) is 10.7. The molecule has 2 rings (SSSR count). The van der Waals surface area contributed by atoms with E-state index >= 15 is 0 Å². The van der Waals surface area contributed by atoms with Gasteiger partial charge in [-0.1, -0.05) is 17.7 Å². The van der Waals surface area contributed by atoms with Crippen LogP contribution in [0.2, 0.25) is 5.02 Å². The van der Waals surface area contributed by atoms with E-state index in [9.17, 15) is 9.59 Å². The molecule has 1 saturated heterocycles. The molecule has 1 aliphatic heterocycles. The number of hydrogen-bond donors (Lipinski definition) is 1. The van der Waals surface area contributed by atoms with Gasteiger partial charge in [0.05, 0.1) is 5.92 Å². The van der Waals surface area contributed by atoms with E-state index in [4.69, 9.17) is 16.7 Å². The monoisotopic (exact) mass is 281 g/mol. The lowest BCUT2D eigenvalue weighted by Gasteiger charge is -2.31. The van der Waals surface area contributed by atoms with Gasteiger partial charge in [-0.05, 0) is 37.5 Å². The van der Waals surface area contributed by atoms with E-state index in [1.165, 1.54) is 0 Å². The highest BCUT2D eigenvalue weighted by atomic mass is 35.5. The van der Waals surface area contributed by atoms with Crippen LogP contribution in [0.1, 0.15) is 28.8 Å². The standard InChI is InChI=1S/C14H16ClNO3/c1-9-4-5-11(15)7-12(9)13(17)16-6-2-3-10(8-16)14(18)19/h4-5,7,10H,2-3,6,8H2,1H3,(H,18,19)/t10-/m0/s1. The summed E-state index contributed by atoms with van der Waals surface area (Å²) < 4.78 is 0. The van der Waals surface area contributed by atoms with Crippen molar-refractivity contribution in [3.8, 4) is 0 Å². The van der Waals surface area contributed by atoms with Crippen molar-refractivity contribution in [1.82, 2.24) is 4.90 Å². The van der Waals surface area contributed by atoms with Crippen LogP contribution in [0.5, 0.6) is 0 Å². The minimum absolute atomic E-state index is 0.133. The maximum atomic E-state index is 12.4.